The van der Waals surface area contributed by atoms with Crippen molar-refractivity contribution in [1.29, 1.82) is 0 Å². The molecule has 0 saturated heterocycles. The van der Waals surface area contributed by atoms with Crippen molar-refractivity contribution in [3.8, 4) is 5.75 Å². The Balaban J connectivity index is 1.93. The van der Waals surface area contributed by atoms with Crippen LogP contribution in [0.25, 0.3) is 0 Å². The number of nitrogens with one attached hydrogen (secondary N) is 2. The minimum atomic E-state index is -0.183. The molecule has 2 amide bonds. The molecule has 5 nitrogen and oxygen atoms in total. The van der Waals surface area contributed by atoms with E-state index in [1.807, 2.05) is 24.3 Å². The molecule has 2 N–H and O–H groups in total. The molecular formula is C18H20N2O3. The SMILES string of the molecule is CNC(=O)c1cccc(NC(=O)CCc2cccc(OC)c2)c1. The third-order valence-corrected chi connectivity index (χ3v) is 3.41. The van der Waals surface area contributed by atoms with Gasteiger partial charge in [-0.1, -0.05) is 18.2 Å². The quantitative estimate of drug-likeness (QED) is 0.861. The molecular weight excluding hydrogens is 292 g/mol. The van der Waals surface area contributed by atoms with Crippen molar-refractivity contribution in [1.82, 2.24) is 5.32 Å². The Kier molecular flexibility index (Phi) is 5.74. The molecule has 0 aromatic heterocycles. The van der Waals surface area contributed by atoms with Crippen molar-refractivity contribution in [2.24, 2.45) is 0 Å². The van der Waals surface area contributed by atoms with Crippen molar-refractivity contribution < 1.29 is 14.3 Å². The van der Waals surface area contributed by atoms with E-state index < -0.39 is 0 Å². The molecule has 0 heterocycles. The largest absolute Gasteiger partial charge is 0.497 e. The number of carbonyl (C=O) groups is 2. The monoisotopic (exact) mass is 312 g/mol. The fourth-order valence-electron chi connectivity index (χ4n) is 2.19. The Morgan fingerprint density at radius 3 is 2.61 bits per heavy atom. The zero-order chi connectivity index (χ0) is 16.7. The van der Waals surface area contributed by atoms with Gasteiger partial charge in [0.05, 0.1) is 7.11 Å². The van der Waals surface area contributed by atoms with Crippen LogP contribution in [0.2, 0.25) is 0 Å². The van der Waals surface area contributed by atoms with Crippen LogP contribution in [-0.2, 0) is 11.2 Å². The second-order valence-corrected chi connectivity index (χ2v) is 5.06. The zero-order valence-electron chi connectivity index (χ0n) is 13.3. The van der Waals surface area contributed by atoms with Crippen LogP contribution in [0.4, 0.5) is 5.69 Å². The highest BCUT2D eigenvalue weighted by molar-refractivity contribution is 5.97. The first-order valence-corrected chi connectivity index (χ1v) is 7.37. The zero-order valence-corrected chi connectivity index (χ0v) is 13.3. The molecule has 2 aromatic rings. The van der Waals surface area contributed by atoms with Crippen molar-refractivity contribution >= 4 is 17.5 Å². The van der Waals surface area contributed by atoms with Crippen LogP contribution >= 0.6 is 0 Å². The van der Waals surface area contributed by atoms with Gasteiger partial charge in [-0.25, -0.2) is 0 Å². The van der Waals surface area contributed by atoms with Gasteiger partial charge in [0, 0.05) is 24.7 Å². The molecule has 2 aromatic carbocycles. The summed E-state index contributed by atoms with van der Waals surface area (Å²) in [5, 5.41) is 5.37. The second-order valence-electron chi connectivity index (χ2n) is 5.06. The van der Waals surface area contributed by atoms with E-state index in [1.165, 1.54) is 0 Å². The second kappa shape index (κ2) is 7.98. The van der Waals surface area contributed by atoms with Gasteiger partial charge in [-0.3, -0.25) is 9.59 Å². The van der Waals surface area contributed by atoms with Gasteiger partial charge in [0.25, 0.3) is 5.91 Å². The van der Waals surface area contributed by atoms with Gasteiger partial charge < -0.3 is 15.4 Å². The standard InChI is InChI=1S/C18H20N2O3/c1-19-18(22)14-6-4-7-15(12-14)20-17(21)10-9-13-5-3-8-16(11-13)23-2/h3-8,11-12H,9-10H2,1-2H3,(H,19,22)(H,20,21). The van der Waals surface area contributed by atoms with Crippen LogP contribution in [0.3, 0.4) is 0 Å². The van der Waals surface area contributed by atoms with Crippen molar-refractivity contribution in [3.05, 3.63) is 59.7 Å². The molecule has 0 saturated carbocycles. The van der Waals surface area contributed by atoms with Gasteiger partial charge in [0.1, 0.15) is 5.75 Å². The number of ether oxygens (including phenoxy) is 1. The molecule has 0 unspecified atom stereocenters. The van der Waals surface area contributed by atoms with Gasteiger partial charge in [-0.15, -0.1) is 0 Å². The average Bonchev–Trinajstić information content (AvgIpc) is 2.59. The molecule has 0 aliphatic carbocycles. The van der Waals surface area contributed by atoms with Crippen molar-refractivity contribution in [3.63, 3.8) is 0 Å². The average molecular weight is 312 g/mol. The van der Waals surface area contributed by atoms with E-state index in [1.54, 1.807) is 38.4 Å². The molecule has 5 heteroatoms. The van der Waals surface area contributed by atoms with Crippen LogP contribution in [0, 0.1) is 0 Å². The summed E-state index contributed by atoms with van der Waals surface area (Å²) < 4.78 is 5.17. The van der Waals surface area contributed by atoms with Gasteiger partial charge in [0.15, 0.2) is 0 Å². The number of hydrogen-bond donors (Lipinski definition) is 2. The first-order chi connectivity index (χ1) is 11.1. The number of aryl methyl sites for hydroxylation is 1. The van der Waals surface area contributed by atoms with Crippen molar-refractivity contribution in [2.45, 2.75) is 12.8 Å². The van der Waals surface area contributed by atoms with Gasteiger partial charge in [0.2, 0.25) is 5.91 Å². The highest BCUT2D eigenvalue weighted by Gasteiger charge is 2.07. The first kappa shape index (κ1) is 16.5. The maximum Gasteiger partial charge on any atom is 0.251 e. The molecule has 0 spiro atoms. The summed E-state index contributed by atoms with van der Waals surface area (Å²) in [6, 6.07) is 14.5. The normalized spacial score (nSPS) is 10.0. The van der Waals surface area contributed by atoms with Crippen LogP contribution in [0.15, 0.2) is 48.5 Å². The predicted molar refractivity (Wildman–Crippen MR) is 89.8 cm³/mol. The fraction of sp³-hybridized carbons (Fsp3) is 0.222. The van der Waals surface area contributed by atoms with E-state index in [2.05, 4.69) is 10.6 Å². The summed E-state index contributed by atoms with van der Waals surface area (Å²) in [6.45, 7) is 0. The molecule has 2 rings (SSSR count). The summed E-state index contributed by atoms with van der Waals surface area (Å²) in [6.07, 6.45) is 0.982. The maximum atomic E-state index is 12.0. The van der Waals surface area contributed by atoms with Crippen LogP contribution in [0.5, 0.6) is 5.75 Å². The molecule has 0 atom stereocenters. The fourth-order valence-corrected chi connectivity index (χ4v) is 2.19. The lowest BCUT2D eigenvalue weighted by Crippen LogP contribution is -2.18. The van der Waals surface area contributed by atoms with Crippen LogP contribution < -0.4 is 15.4 Å². The number of methoxy groups -OCH3 is 1. The number of rotatable bonds is 6. The minimum absolute atomic E-state index is 0.0955. The molecule has 120 valence electrons. The molecule has 0 fully saturated rings. The summed E-state index contributed by atoms with van der Waals surface area (Å²) in [5.41, 5.74) is 2.17. The molecule has 0 aliphatic rings. The highest BCUT2D eigenvalue weighted by Crippen LogP contribution is 2.15. The van der Waals surface area contributed by atoms with Crippen LogP contribution in [0.1, 0.15) is 22.3 Å². The highest BCUT2D eigenvalue weighted by atomic mass is 16.5. The van der Waals surface area contributed by atoms with Crippen molar-refractivity contribution in [2.75, 3.05) is 19.5 Å². The van der Waals surface area contributed by atoms with E-state index in [-0.39, 0.29) is 11.8 Å². The van der Waals surface area contributed by atoms with Gasteiger partial charge in [-0.2, -0.15) is 0 Å². The van der Waals surface area contributed by atoms with Gasteiger partial charge in [-0.05, 0) is 42.3 Å². The Bertz CT molecular complexity index is 698. The lowest BCUT2D eigenvalue weighted by molar-refractivity contribution is -0.116. The van der Waals surface area contributed by atoms with E-state index in [4.69, 9.17) is 4.74 Å². The van der Waals surface area contributed by atoms with E-state index in [0.717, 1.165) is 11.3 Å². The minimum Gasteiger partial charge on any atom is -0.497 e. The number of amides is 2. The van der Waals surface area contributed by atoms with E-state index in [0.29, 0.717) is 24.1 Å². The third kappa shape index (κ3) is 4.85. The summed E-state index contributed by atoms with van der Waals surface area (Å²) in [7, 11) is 3.19. The Hall–Kier alpha value is -2.82. The predicted octanol–water partition coefficient (Wildman–Crippen LogP) is 2.63. The molecule has 23 heavy (non-hydrogen) atoms. The number of carbonyl (C=O) groups excluding carboxylic acids is 2. The Labute approximate surface area is 135 Å². The molecule has 0 bridgehead atoms. The third-order valence-electron chi connectivity index (χ3n) is 3.41. The molecule has 0 aliphatic heterocycles. The molecule has 0 radical (unpaired) electrons. The van der Waals surface area contributed by atoms with E-state index >= 15 is 0 Å². The maximum absolute atomic E-state index is 12.0. The smallest absolute Gasteiger partial charge is 0.251 e. The number of hydrogen-bond acceptors (Lipinski definition) is 3. The lowest BCUT2D eigenvalue weighted by Gasteiger charge is -2.08. The Morgan fingerprint density at radius 2 is 1.87 bits per heavy atom. The Morgan fingerprint density at radius 1 is 1.09 bits per heavy atom. The summed E-state index contributed by atoms with van der Waals surface area (Å²) in [5.74, 6) is 0.501. The van der Waals surface area contributed by atoms with Gasteiger partial charge >= 0.3 is 0 Å². The number of anilines is 1. The summed E-state index contributed by atoms with van der Waals surface area (Å²) in [4.78, 5) is 23.6. The number of benzene rings is 2. The van der Waals surface area contributed by atoms with Crippen LogP contribution in [-0.4, -0.2) is 26.0 Å². The first-order valence-electron chi connectivity index (χ1n) is 7.37. The van der Waals surface area contributed by atoms with E-state index in [9.17, 15) is 9.59 Å². The lowest BCUT2D eigenvalue weighted by atomic mass is 10.1. The summed E-state index contributed by atoms with van der Waals surface area (Å²) >= 11 is 0. The topological polar surface area (TPSA) is 67.4 Å².